The zero-order valence-electron chi connectivity index (χ0n) is 17.0. The highest BCUT2D eigenvalue weighted by atomic mass is 35.5. The molecule has 7 heteroatoms. The first-order chi connectivity index (χ1) is 14.4. The third kappa shape index (κ3) is 4.25. The van der Waals surface area contributed by atoms with Gasteiger partial charge in [0.15, 0.2) is 0 Å². The molecule has 2 N–H and O–H groups in total. The maximum Gasteiger partial charge on any atom is 0.321 e. The second kappa shape index (κ2) is 8.82. The molecule has 160 valence electrons. The molecule has 0 aromatic heterocycles. The lowest BCUT2D eigenvalue weighted by molar-refractivity contribution is 0.134. The fourth-order valence-corrected chi connectivity index (χ4v) is 4.72. The van der Waals surface area contributed by atoms with E-state index in [4.69, 9.17) is 11.6 Å². The fraction of sp³-hybridized carbons (Fsp3) is 0.435. The molecule has 0 saturated carbocycles. The second-order valence-electron chi connectivity index (χ2n) is 8.16. The summed E-state index contributed by atoms with van der Waals surface area (Å²) in [6.45, 7) is 2.11. The Morgan fingerprint density at radius 3 is 2.80 bits per heavy atom. The van der Waals surface area contributed by atoms with Gasteiger partial charge in [-0.05, 0) is 61.4 Å². The van der Waals surface area contributed by atoms with Crippen molar-refractivity contribution in [2.24, 2.45) is 5.92 Å². The number of nitrogens with one attached hydrogen (secondary N) is 1. The number of phenols is 1. The Morgan fingerprint density at radius 1 is 1.30 bits per heavy atom. The number of carbonyl (C=O) groups is 1. The van der Waals surface area contributed by atoms with Crippen molar-refractivity contribution in [3.63, 3.8) is 0 Å². The van der Waals surface area contributed by atoms with E-state index in [0.717, 1.165) is 37.1 Å². The van der Waals surface area contributed by atoms with Gasteiger partial charge in [-0.1, -0.05) is 35.9 Å². The summed E-state index contributed by atoms with van der Waals surface area (Å²) in [5.74, 6) is -0.357. The van der Waals surface area contributed by atoms with Gasteiger partial charge in [-0.2, -0.15) is 0 Å². The number of urea groups is 1. The van der Waals surface area contributed by atoms with Crippen molar-refractivity contribution in [1.82, 2.24) is 15.1 Å². The smallest absolute Gasteiger partial charge is 0.321 e. The minimum Gasteiger partial charge on any atom is -0.508 e. The Bertz CT molecular complexity index is 894. The topological polar surface area (TPSA) is 55.8 Å². The molecule has 3 aliphatic rings. The summed E-state index contributed by atoms with van der Waals surface area (Å²) in [5, 5.41) is 13.8. The van der Waals surface area contributed by atoms with E-state index in [1.54, 1.807) is 35.3 Å². The number of phenolic OH excluding ortho intramolecular Hbond substituents is 1. The Labute approximate surface area is 181 Å². The highest BCUT2D eigenvalue weighted by Crippen LogP contribution is 2.39. The van der Waals surface area contributed by atoms with Crippen molar-refractivity contribution in [3.8, 4) is 5.75 Å². The van der Waals surface area contributed by atoms with Gasteiger partial charge in [-0.25, -0.2) is 9.18 Å². The number of aromatic hydroxyl groups is 1. The van der Waals surface area contributed by atoms with Gasteiger partial charge in [-0.3, -0.25) is 0 Å². The summed E-state index contributed by atoms with van der Waals surface area (Å²) < 4.78 is 14.7. The fourth-order valence-electron chi connectivity index (χ4n) is 4.52. The molecular formula is C23H27ClFN3O2. The van der Waals surface area contributed by atoms with Crippen molar-refractivity contribution in [2.75, 3.05) is 26.7 Å². The predicted molar refractivity (Wildman–Crippen MR) is 116 cm³/mol. The number of hydrogen-bond acceptors (Lipinski definition) is 3. The standard InChI is InChI=1S/C23H27ClFN3O2/c1-27(18-7-9-26-10-8-18)23(30)28-14-16(20-13-17(24)5-6-21(20)25)12-22(28)15-3-2-4-19(29)11-15/h2-6,11-13,18,20-22,26,29H,7-10,14H2,1H3. The Kier molecular flexibility index (Phi) is 6.16. The maximum atomic E-state index is 14.7. The van der Waals surface area contributed by atoms with Crippen LogP contribution in [0.15, 0.2) is 59.2 Å². The minimum absolute atomic E-state index is 0.0849. The summed E-state index contributed by atoms with van der Waals surface area (Å²) in [6, 6.07) is 6.62. The van der Waals surface area contributed by atoms with Crippen LogP contribution in [-0.4, -0.2) is 59.8 Å². The molecule has 4 rings (SSSR count). The molecule has 2 heterocycles. The average Bonchev–Trinajstić information content (AvgIpc) is 3.20. The zero-order chi connectivity index (χ0) is 21.3. The number of nitrogens with zero attached hydrogens (tertiary/aromatic N) is 2. The van der Waals surface area contributed by atoms with Crippen molar-refractivity contribution >= 4 is 17.6 Å². The number of benzene rings is 1. The first kappa shape index (κ1) is 20.9. The average molecular weight is 432 g/mol. The number of carbonyl (C=O) groups excluding carboxylic acids is 1. The van der Waals surface area contributed by atoms with Gasteiger partial charge in [-0.15, -0.1) is 0 Å². The molecule has 2 aliphatic heterocycles. The lowest BCUT2D eigenvalue weighted by Crippen LogP contribution is -2.49. The van der Waals surface area contributed by atoms with Crippen molar-refractivity contribution in [3.05, 3.63) is 64.7 Å². The van der Waals surface area contributed by atoms with Crippen LogP contribution in [0.25, 0.3) is 0 Å². The van der Waals surface area contributed by atoms with Crippen molar-refractivity contribution in [1.29, 1.82) is 0 Å². The first-order valence-electron chi connectivity index (χ1n) is 10.4. The van der Waals surface area contributed by atoms with Crippen molar-refractivity contribution < 1.29 is 14.3 Å². The van der Waals surface area contributed by atoms with E-state index in [-0.39, 0.29) is 23.9 Å². The highest BCUT2D eigenvalue weighted by Gasteiger charge is 2.38. The SMILES string of the molecule is CN(C(=O)N1CC(C2C=C(Cl)C=CC2F)=CC1c1cccc(O)c1)C1CCNCC1. The van der Waals surface area contributed by atoms with Crippen LogP contribution in [0.1, 0.15) is 24.4 Å². The van der Waals surface area contributed by atoms with E-state index in [1.165, 1.54) is 6.08 Å². The van der Waals surface area contributed by atoms with Crippen LogP contribution in [0.5, 0.6) is 5.75 Å². The number of alkyl halides is 1. The molecule has 0 bridgehead atoms. The van der Waals surface area contributed by atoms with E-state index < -0.39 is 12.1 Å². The number of piperidine rings is 1. The van der Waals surface area contributed by atoms with Gasteiger partial charge in [0.2, 0.25) is 0 Å². The zero-order valence-corrected chi connectivity index (χ0v) is 17.7. The van der Waals surface area contributed by atoms with Crippen LogP contribution in [0.3, 0.4) is 0 Å². The summed E-state index contributed by atoms with van der Waals surface area (Å²) >= 11 is 6.13. The summed E-state index contributed by atoms with van der Waals surface area (Å²) in [4.78, 5) is 17.0. The Hall–Kier alpha value is -2.31. The lowest BCUT2D eigenvalue weighted by Gasteiger charge is -2.36. The quantitative estimate of drug-likeness (QED) is 0.707. The predicted octanol–water partition coefficient (Wildman–Crippen LogP) is 4.13. The molecule has 30 heavy (non-hydrogen) atoms. The number of amides is 2. The molecule has 1 aliphatic carbocycles. The summed E-state index contributed by atoms with van der Waals surface area (Å²) in [5.41, 5.74) is 1.62. The molecule has 0 spiro atoms. The number of halogens is 2. The molecule has 1 fully saturated rings. The molecule has 0 radical (unpaired) electrons. The van der Waals surface area contributed by atoms with Gasteiger partial charge in [0.25, 0.3) is 0 Å². The first-order valence-corrected chi connectivity index (χ1v) is 10.7. The van der Waals surface area contributed by atoms with Crippen molar-refractivity contribution in [2.45, 2.75) is 31.1 Å². The monoisotopic (exact) mass is 431 g/mol. The van der Waals surface area contributed by atoms with Crippen LogP contribution >= 0.6 is 11.6 Å². The molecule has 2 amide bonds. The highest BCUT2D eigenvalue weighted by molar-refractivity contribution is 6.31. The van der Waals surface area contributed by atoms with Gasteiger partial charge in [0.1, 0.15) is 11.9 Å². The van der Waals surface area contributed by atoms with Gasteiger partial charge >= 0.3 is 6.03 Å². The maximum absolute atomic E-state index is 14.7. The van der Waals surface area contributed by atoms with Gasteiger partial charge in [0, 0.05) is 30.6 Å². The molecule has 1 aromatic rings. The lowest BCUT2D eigenvalue weighted by atomic mass is 9.90. The minimum atomic E-state index is -1.18. The largest absolute Gasteiger partial charge is 0.508 e. The van der Waals surface area contributed by atoms with Gasteiger partial charge in [0.05, 0.1) is 6.04 Å². The summed E-state index contributed by atoms with van der Waals surface area (Å²) in [6.07, 6.45) is 7.32. The molecule has 1 aromatic carbocycles. The van der Waals surface area contributed by atoms with E-state index in [2.05, 4.69) is 5.32 Å². The van der Waals surface area contributed by atoms with E-state index in [1.807, 2.05) is 24.1 Å². The normalized spacial score (nSPS) is 27.0. The van der Waals surface area contributed by atoms with Crippen LogP contribution in [0, 0.1) is 5.92 Å². The number of hydrogen-bond donors (Lipinski definition) is 2. The molecule has 1 saturated heterocycles. The van der Waals surface area contributed by atoms with Crippen LogP contribution in [0.4, 0.5) is 9.18 Å². The third-order valence-corrected chi connectivity index (χ3v) is 6.48. The third-order valence-electron chi connectivity index (χ3n) is 6.23. The summed E-state index contributed by atoms with van der Waals surface area (Å²) in [7, 11) is 1.84. The van der Waals surface area contributed by atoms with Gasteiger partial charge < -0.3 is 20.2 Å². The second-order valence-corrected chi connectivity index (χ2v) is 8.60. The van der Waals surface area contributed by atoms with Crippen LogP contribution < -0.4 is 5.32 Å². The van der Waals surface area contributed by atoms with E-state index in [0.29, 0.717) is 11.6 Å². The van der Waals surface area contributed by atoms with E-state index >= 15 is 0 Å². The van der Waals surface area contributed by atoms with Crippen LogP contribution in [-0.2, 0) is 0 Å². The number of allylic oxidation sites excluding steroid dienone is 4. The molecular weight excluding hydrogens is 405 g/mol. The molecule has 5 nitrogen and oxygen atoms in total. The molecule has 3 unspecified atom stereocenters. The Morgan fingerprint density at radius 2 is 2.07 bits per heavy atom. The number of rotatable bonds is 3. The molecule has 3 atom stereocenters. The Balaban J connectivity index is 1.63. The van der Waals surface area contributed by atoms with E-state index in [9.17, 15) is 14.3 Å². The van der Waals surface area contributed by atoms with Crippen LogP contribution in [0.2, 0.25) is 0 Å².